The van der Waals surface area contributed by atoms with Crippen LogP contribution in [0.2, 0.25) is 0 Å². The highest BCUT2D eigenvalue weighted by atomic mass is 32.2. The number of hydrogen-bond acceptors (Lipinski definition) is 6. The van der Waals surface area contributed by atoms with E-state index in [1.54, 1.807) is 48.3 Å². The summed E-state index contributed by atoms with van der Waals surface area (Å²) in [5.74, 6) is 0.352. The Kier molecular flexibility index (Phi) is 6.67. The number of hydrogen-bond donors (Lipinski definition) is 1. The number of nitrogens with zero attached hydrogens (tertiary/aromatic N) is 2. The first kappa shape index (κ1) is 23.5. The Morgan fingerprint density at radius 3 is 2.50 bits per heavy atom. The van der Waals surface area contributed by atoms with Gasteiger partial charge < -0.3 is 13.9 Å². The van der Waals surface area contributed by atoms with Gasteiger partial charge in [0.25, 0.3) is 0 Å². The summed E-state index contributed by atoms with van der Waals surface area (Å²) in [5, 5.41) is 4.41. The molecule has 0 radical (unpaired) electrons. The molecule has 0 fully saturated rings. The second-order valence-corrected chi connectivity index (χ2v) is 9.55. The smallest absolute Gasteiger partial charge is 0.339 e. The van der Waals surface area contributed by atoms with E-state index in [2.05, 4.69) is 10.1 Å². The molecular weight excluding hydrogens is 470 g/mol. The first-order valence-corrected chi connectivity index (χ1v) is 12.2. The summed E-state index contributed by atoms with van der Waals surface area (Å²) in [7, 11) is -2.59. The highest BCUT2D eigenvalue weighted by molar-refractivity contribution is 7.87. The summed E-state index contributed by atoms with van der Waals surface area (Å²) in [5.41, 5.74) is 3.95. The van der Waals surface area contributed by atoms with Crippen molar-refractivity contribution in [1.82, 2.24) is 9.66 Å². The van der Waals surface area contributed by atoms with Crippen molar-refractivity contribution in [3.8, 4) is 22.8 Å². The fourth-order valence-electron chi connectivity index (χ4n) is 3.34. The van der Waals surface area contributed by atoms with E-state index in [0.717, 1.165) is 16.8 Å². The van der Waals surface area contributed by atoms with Crippen LogP contribution in [-0.2, 0) is 10.1 Å². The minimum absolute atomic E-state index is 0.0881. The van der Waals surface area contributed by atoms with E-state index in [-0.39, 0.29) is 16.4 Å². The largest absolute Gasteiger partial charge is 0.493 e. The van der Waals surface area contributed by atoms with Crippen molar-refractivity contribution < 1.29 is 17.3 Å². The van der Waals surface area contributed by atoms with Crippen molar-refractivity contribution in [1.29, 1.82) is 0 Å². The van der Waals surface area contributed by atoms with Crippen molar-refractivity contribution in [2.75, 3.05) is 7.11 Å². The third kappa shape index (κ3) is 5.11. The Morgan fingerprint density at radius 1 is 1.00 bits per heavy atom. The van der Waals surface area contributed by atoms with Gasteiger partial charge in [0.2, 0.25) is 0 Å². The van der Waals surface area contributed by atoms with Crippen LogP contribution in [0, 0.1) is 18.6 Å². The normalized spacial score (nSPS) is 11.6. The molecule has 1 aromatic heterocycles. The molecule has 0 amide bonds. The van der Waals surface area contributed by atoms with E-state index >= 15 is 0 Å². The van der Waals surface area contributed by atoms with Crippen molar-refractivity contribution in [2.45, 2.75) is 18.7 Å². The van der Waals surface area contributed by atoms with Gasteiger partial charge in [-0.3, -0.25) is 0 Å². The maximum absolute atomic E-state index is 12.9. The highest BCUT2D eigenvalue weighted by Crippen LogP contribution is 2.31. The molecule has 0 aliphatic heterocycles. The van der Waals surface area contributed by atoms with E-state index in [4.69, 9.17) is 21.1 Å². The molecule has 34 heavy (non-hydrogen) atoms. The molecule has 0 atom stereocenters. The van der Waals surface area contributed by atoms with Gasteiger partial charge in [0, 0.05) is 0 Å². The van der Waals surface area contributed by atoms with Crippen molar-refractivity contribution in [3.05, 3.63) is 94.4 Å². The molecule has 3 aromatic carbocycles. The van der Waals surface area contributed by atoms with Crippen LogP contribution in [0.4, 0.5) is 0 Å². The average Bonchev–Trinajstić information content (AvgIpc) is 3.20. The Balaban J connectivity index is 1.58. The van der Waals surface area contributed by atoms with Gasteiger partial charge in [0.1, 0.15) is 4.90 Å². The SMILES string of the molecule is COc1cc(C=Nn2cc(-c3ccccc3)[nH]c2=S)ccc1OS(=O)(=O)c1cc(C)ccc1C. The van der Waals surface area contributed by atoms with E-state index < -0.39 is 10.1 Å². The quantitative estimate of drug-likeness (QED) is 0.209. The predicted molar refractivity (Wildman–Crippen MR) is 135 cm³/mol. The van der Waals surface area contributed by atoms with E-state index in [1.165, 1.54) is 13.2 Å². The van der Waals surface area contributed by atoms with E-state index in [1.807, 2.05) is 43.3 Å². The lowest BCUT2D eigenvalue weighted by Gasteiger charge is -2.13. The first-order chi connectivity index (χ1) is 16.3. The minimum Gasteiger partial charge on any atom is -0.493 e. The number of nitrogens with one attached hydrogen (secondary N) is 1. The topological polar surface area (TPSA) is 85.7 Å². The van der Waals surface area contributed by atoms with Crippen molar-refractivity contribution >= 4 is 28.6 Å². The van der Waals surface area contributed by atoms with Crippen LogP contribution >= 0.6 is 12.2 Å². The zero-order valence-corrected chi connectivity index (χ0v) is 20.5. The minimum atomic E-state index is -4.03. The number of H-pyrrole nitrogens is 1. The second-order valence-electron chi connectivity index (χ2n) is 7.64. The molecule has 0 aliphatic carbocycles. The molecule has 4 rings (SSSR count). The fraction of sp³-hybridized carbons (Fsp3) is 0.120. The van der Waals surface area contributed by atoms with E-state index in [9.17, 15) is 8.42 Å². The number of methoxy groups -OCH3 is 1. The Bertz CT molecular complexity index is 1520. The molecule has 1 N–H and O–H groups in total. The number of imidazole rings is 1. The molecule has 0 aliphatic rings. The monoisotopic (exact) mass is 493 g/mol. The van der Waals surface area contributed by atoms with Gasteiger partial charge in [-0.2, -0.15) is 13.5 Å². The number of aryl methyl sites for hydroxylation is 2. The molecule has 4 aromatic rings. The van der Waals surface area contributed by atoms with Crippen LogP contribution in [0.25, 0.3) is 11.3 Å². The predicted octanol–water partition coefficient (Wildman–Crippen LogP) is 5.49. The summed E-state index contributed by atoms with van der Waals surface area (Å²) in [6.07, 6.45) is 3.41. The van der Waals surface area contributed by atoms with Crippen LogP contribution in [-0.4, -0.2) is 31.4 Å². The van der Waals surface area contributed by atoms with Crippen LogP contribution in [0.1, 0.15) is 16.7 Å². The second kappa shape index (κ2) is 9.66. The standard InChI is InChI=1S/C25H23N3O4S2/c1-17-9-10-18(2)24(13-17)34(29,30)32-22-12-11-19(14-23(22)31-3)15-26-28-16-21(27-25(28)33)20-7-5-4-6-8-20/h4-16H,1-3H3,(H,27,33). The lowest BCUT2D eigenvalue weighted by molar-refractivity contribution is 0.390. The number of ether oxygens (including phenoxy) is 1. The number of aromatic amines is 1. The number of rotatable bonds is 7. The van der Waals surface area contributed by atoms with Crippen molar-refractivity contribution in [3.63, 3.8) is 0 Å². The zero-order chi connectivity index (χ0) is 24.3. The fourth-order valence-corrected chi connectivity index (χ4v) is 4.80. The van der Waals surface area contributed by atoms with Gasteiger partial charge in [-0.05, 0) is 72.6 Å². The van der Waals surface area contributed by atoms with Crippen LogP contribution < -0.4 is 8.92 Å². The van der Waals surface area contributed by atoms with Gasteiger partial charge in [0.05, 0.1) is 25.2 Å². The molecular formula is C25H23N3O4S2. The van der Waals surface area contributed by atoms with Crippen molar-refractivity contribution in [2.24, 2.45) is 5.10 Å². The Hall–Kier alpha value is -3.69. The molecule has 0 bridgehead atoms. The summed E-state index contributed by atoms with van der Waals surface area (Å²) in [6.45, 7) is 3.55. The maximum atomic E-state index is 12.9. The van der Waals surface area contributed by atoms with Crippen LogP contribution in [0.3, 0.4) is 0 Å². The average molecular weight is 494 g/mol. The summed E-state index contributed by atoms with van der Waals surface area (Å²) in [4.78, 5) is 3.25. The van der Waals surface area contributed by atoms with E-state index in [0.29, 0.717) is 15.9 Å². The van der Waals surface area contributed by atoms with Gasteiger partial charge in [-0.1, -0.05) is 42.5 Å². The van der Waals surface area contributed by atoms with Crippen LogP contribution in [0.15, 0.2) is 82.9 Å². The maximum Gasteiger partial charge on any atom is 0.339 e. The molecule has 174 valence electrons. The summed E-state index contributed by atoms with van der Waals surface area (Å²) >= 11 is 5.37. The molecule has 0 unspecified atom stereocenters. The third-order valence-corrected chi connectivity index (χ3v) is 6.78. The highest BCUT2D eigenvalue weighted by Gasteiger charge is 2.21. The lowest BCUT2D eigenvalue weighted by Crippen LogP contribution is -2.12. The van der Waals surface area contributed by atoms with Gasteiger partial charge >= 0.3 is 10.1 Å². The first-order valence-electron chi connectivity index (χ1n) is 10.4. The number of benzene rings is 3. The number of aromatic nitrogens is 2. The molecule has 0 saturated carbocycles. The third-order valence-electron chi connectivity index (χ3n) is 5.12. The molecule has 9 heteroatoms. The molecule has 0 spiro atoms. The van der Waals surface area contributed by atoms with Gasteiger partial charge in [-0.15, -0.1) is 0 Å². The molecule has 1 heterocycles. The Morgan fingerprint density at radius 2 is 1.76 bits per heavy atom. The summed E-state index contributed by atoms with van der Waals surface area (Å²) < 4.78 is 38.5. The molecule has 0 saturated heterocycles. The summed E-state index contributed by atoms with van der Waals surface area (Å²) in [6, 6.07) is 19.8. The van der Waals surface area contributed by atoms with Crippen LogP contribution in [0.5, 0.6) is 11.5 Å². The Labute approximate surface area is 203 Å². The molecule has 7 nitrogen and oxygen atoms in total. The zero-order valence-electron chi connectivity index (χ0n) is 18.8. The van der Waals surface area contributed by atoms with Gasteiger partial charge in [-0.25, -0.2) is 4.68 Å². The van der Waals surface area contributed by atoms with Gasteiger partial charge in [0.15, 0.2) is 16.3 Å². The lowest BCUT2D eigenvalue weighted by atomic mass is 10.2.